The van der Waals surface area contributed by atoms with E-state index in [1.54, 1.807) is 6.20 Å². The Bertz CT molecular complexity index is 536. The Morgan fingerprint density at radius 1 is 1.44 bits per heavy atom. The molecule has 2 aromatic rings. The van der Waals surface area contributed by atoms with E-state index >= 15 is 0 Å². The molecule has 0 aliphatic carbocycles. The average Bonchev–Trinajstić information content (AvgIpc) is 2.35. The molecule has 1 aromatic carbocycles. The fourth-order valence-corrected chi connectivity index (χ4v) is 1.41. The van der Waals surface area contributed by atoms with Crippen molar-refractivity contribution in [2.24, 2.45) is 0 Å². The van der Waals surface area contributed by atoms with Gasteiger partial charge in [0.2, 0.25) is 0 Å². The third-order valence-corrected chi connectivity index (χ3v) is 2.34. The van der Waals surface area contributed by atoms with Crippen LogP contribution in [0.4, 0.5) is 0 Å². The number of pyridine rings is 1. The van der Waals surface area contributed by atoms with Crippen LogP contribution in [-0.2, 0) is 0 Å². The SMILES string of the molecule is N#CC(Cl)COc1ccc2cccnc2c1. The van der Waals surface area contributed by atoms with Gasteiger partial charge in [0.15, 0.2) is 5.38 Å². The average molecular weight is 233 g/mol. The smallest absolute Gasteiger partial charge is 0.154 e. The van der Waals surface area contributed by atoms with Gasteiger partial charge in [0, 0.05) is 17.6 Å². The molecule has 0 saturated heterocycles. The first-order valence-electron chi connectivity index (χ1n) is 4.81. The minimum atomic E-state index is -0.626. The van der Waals surface area contributed by atoms with E-state index in [0.29, 0.717) is 5.75 Å². The number of halogens is 1. The van der Waals surface area contributed by atoms with E-state index in [9.17, 15) is 0 Å². The molecule has 0 bridgehead atoms. The van der Waals surface area contributed by atoms with E-state index in [-0.39, 0.29) is 6.61 Å². The van der Waals surface area contributed by atoms with Crippen molar-refractivity contribution < 1.29 is 4.74 Å². The quantitative estimate of drug-likeness (QED) is 0.765. The molecule has 1 heterocycles. The van der Waals surface area contributed by atoms with Gasteiger partial charge < -0.3 is 4.74 Å². The number of nitriles is 1. The van der Waals surface area contributed by atoms with Gasteiger partial charge in [0.05, 0.1) is 11.6 Å². The van der Waals surface area contributed by atoms with Gasteiger partial charge in [-0.1, -0.05) is 6.07 Å². The number of fused-ring (bicyclic) bond motifs is 1. The summed E-state index contributed by atoms with van der Waals surface area (Å²) in [4.78, 5) is 4.21. The van der Waals surface area contributed by atoms with Crippen molar-refractivity contribution in [3.63, 3.8) is 0 Å². The number of rotatable bonds is 3. The van der Waals surface area contributed by atoms with Crippen molar-refractivity contribution in [2.45, 2.75) is 5.38 Å². The van der Waals surface area contributed by atoms with Gasteiger partial charge in [-0.15, -0.1) is 11.6 Å². The molecule has 0 N–H and O–H groups in total. The van der Waals surface area contributed by atoms with Gasteiger partial charge >= 0.3 is 0 Å². The molecule has 80 valence electrons. The molecule has 0 fully saturated rings. The Morgan fingerprint density at radius 3 is 3.12 bits per heavy atom. The Morgan fingerprint density at radius 2 is 2.31 bits per heavy atom. The molecular weight excluding hydrogens is 224 g/mol. The number of ether oxygens (including phenoxy) is 1. The molecule has 16 heavy (non-hydrogen) atoms. The van der Waals surface area contributed by atoms with E-state index in [1.165, 1.54) is 0 Å². The van der Waals surface area contributed by atoms with Gasteiger partial charge in [-0.2, -0.15) is 5.26 Å². The normalized spacial score (nSPS) is 12.0. The van der Waals surface area contributed by atoms with Crippen LogP contribution in [0.1, 0.15) is 0 Å². The van der Waals surface area contributed by atoms with Crippen LogP contribution >= 0.6 is 11.6 Å². The Labute approximate surface area is 98.2 Å². The predicted octanol–water partition coefficient (Wildman–Crippen LogP) is 2.74. The van der Waals surface area contributed by atoms with Gasteiger partial charge in [-0.25, -0.2) is 0 Å². The molecule has 2 rings (SSSR count). The number of hydrogen-bond acceptors (Lipinski definition) is 3. The molecule has 0 aliphatic heterocycles. The summed E-state index contributed by atoms with van der Waals surface area (Å²) < 4.78 is 5.37. The standard InChI is InChI=1S/C12H9ClN2O/c13-10(7-14)8-16-11-4-3-9-2-1-5-15-12(9)6-11/h1-6,10H,8H2. The summed E-state index contributed by atoms with van der Waals surface area (Å²) in [5, 5.41) is 8.94. The highest BCUT2D eigenvalue weighted by Gasteiger charge is 2.03. The van der Waals surface area contributed by atoms with Crippen LogP contribution in [0, 0.1) is 11.3 Å². The van der Waals surface area contributed by atoms with Gasteiger partial charge in [0.25, 0.3) is 0 Å². The largest absolute Gasteiger partial charge is 0.491 e. The minimum absolute atomic E-state index is 0.177. The van der Waals surface area contributed by atoms with Crippen LogP contribution in [0.2, 0.25) is 0 Å². The second-order valence-corrected chi connectivity index (χ2v) is 3.79. The molecule has 4 heteroatoms. The molecule has 0 aliphatic rings. The van der Waals surface area contributed by atoms with E-state index in [4.69, 9.17) is 21.6 Å². The van der Waals surface area contributed by atoms with Gasteiger partial charge in [-0.05, 0) is 18.2 Å². The first-order chi connectivity index (χ1) is 7.79. The predicted molar refractivity (Wildman–Crippen MR) is 62.5 cm³/mol. The Kier molecular flexibility index (Phi) is 3.23. The Balaban J connectivity index is 2.17. The lowest BCUT2D eigenvalue weighted by Gasteiger charge is -2.06. The minimum Gasteiger partial charge on any atom is -0.491 e. The summed E-state index contributed by atoms with van der Waals surface area (Å²) in [5.41, 5.74) is 0.864. The number of aromatic nitrogens is 1. The second kappa shape index (κ2) is 4.82. The van der Waals surface area contributed by atoms with Crippen molar-refractivity contribution in [3.05, 3.63) is 36.5 Å². The van der Waals surface area contributed by atoms with Crippen LogP contribution in [0.25, 0.3) is 10.9 Å². The van der Waals surface area contributed by atoms with E-state index in [0.717, 1.165) is 10.9 Å². The third kappa shape index (κ3) is 2.41. The van der Waals surface area contributed by atoms with Crippen molar-refractivity contribution in [3.8, 4) is 11.8 Å². The zero-order valence-corrected chi connectivity index (χ0v) is 9.19. The molecular formula is C12H9ClN2O. The van der Waals surface area contributed by atoms with E-state index in [2.05, 4.69) is 4.98 Å². The third-order valence-electron chi connectivity index (χ3n) is 2.11. The summed E-state index contributed by atoms with van der Waals surface area (Å²) in [6.07, 6.45) is 1.73. The van der Waals surface area contributed by atoms with Gasteiger partial charge in [-0.3, -0.25) is 4.98 Å². The molecule has 1 aromatic heterocycles. The summed E-state index contributed by atoms with van der Waals surface area (Å²) in [6, 6.07) is 11.3. The molecule has 1 atom stereocenters. The molecule has 0 amide bonds. The second-order valence-electron chi connectivity index (χ2n) is 3.27. The zero-order chi connectivity index (χ0) is 11.4. The number of alkyl halides is 1. The highest BCUT2D eigenvalue weighted by atomic mass is 35.5. The fourth-order valence-electron chi connectivity index (χ4n) is 1.34. The van der Waals surface area contributed by atoms with Crippen molar-refractivity contribution in [1.29, 1.82) is 5.26 Å². The summed E-state index contributed by atoms with van der Waals surface area (Å²) in [7, 11) is 0. The number of benzene rings is 1. The van der Waals surface area contributed by atoms with Crippen LogP contribution in [0.3, 0.4) is 0 Å². The maximum Gasteiger partial charge on any atom is 0.154 e. The lowest BCUT2D eigenvalue weighted by Crippen LogP contribution is -2.08. The Hall–Kier alpha value is -1.79. The molecule has 0 radical (unpaired) electrons. The maximum atomic E-state index is 8.51. The molecule has 3 nitrogen and oxygen atoms in total. The van der Waals surface area contributed by atoms with Crippen molar-refractivity contribution >= 4 is 22.5 Å². The van der Waals surface area contributed by atoms with Gasteiger partial charge in [0.1, 0.15) is 12.4 Å². The van der Waals surface area contributed by atoms with Crippen LogP contribution in [0.15, 0.2) is 36.5 Å². The monoisotopic (exact) mass is 232 g/mol. The van der Waals surface area contributed by atoms with Crippen LogP contribution < -0.4 is 4.74 Å². The highest BCUT2D eigenvalue weighted by Crippen LogP contribution is 2.19. The molecule has 0 saturated carbocycles. The molecule has 1 unspecified atom stereocenters. The lowest BCUT2D eigenvalue weighted by molar-refractivity contribution is 0.329. The van der Waals surface area contributed by atoms with Crippen LogP contribution in [0.5, 0.6) is 5.75 Å². The molecule has 0 spiro atoms. The summed E-state index contributed by atoms with van der Waals surface area (Å²) >= 11 is 5.63. The number of hydrogen-bond donors (Lipinski definition) is 0. The first-order valence-corrected chi connectivity index (χ1v) is 5.24. The van der Waals surface area contributed by atoms with E-state index < -0.39 is 5.38 Å². The highest BCUT2D eigenvalue weighted by molar-refractivity contribution is 6.22. The maximum absolute atomic E-state index is 8.51. The van der Waals surface area contributed by atoms with Crippen molar-refractivity contribution in [2.75, 3.05) is 6.61 Å². The number of nitrogens with zero attached hydrogens (tertiary/aromatic N) is 2. The van der Waals surface area contributed by atoms with Crippen molar-refractivity contribution in [1.82, 2.24) is 4.98 Å². The zero-order valence-electron chi connectivity index (χ0n) is 8.43. The topological polar surface area (TPSA) is 45.9 Å². The lowest BCUT2D eigenvalue weighted by atomic mass is 10.2. The fraction of sp³-hybridized carbons (Fsp3) is 0.167. The summed E-state index contributed by atoms with van der Waals surface area (Å²) in [5.74, 6) is 0.673. The van der Waals surface area contributed by atoms with Crippen LogP contribution in [-0.4, -0.2) is 17.0 Å². The summed E-state index contributed by atoms with van der Waals surface area (Å²) in [6.45, 7) is 0.177. The van der Waals surface area contributed by atoms with E-state index in [1.807, 2.05) is 36.4 Å². The first kappa shape index (κ1) is 10.7.